The van der Waals surface area contributed by atoms with Gasteiger partial charge in [-0.25, -0.2) is 8.42 Å². The number of thioether (sulfide) groups is 1. The molecule has 1 N–H and O–H groups in total. The Morgan fingerprint density at radius 1 is 1.26 bits per heavy atom. The molecule has 8 nitrogen and oxygen atoms in total. The number of benzene rings is 1. The van der Waals surface area contributed by atoms with Crippen molar-refractivity contribution in [1.82, 2.24) is 4.31 Å². The van der Waals surface area contributed by atoms with E-state index < -0.39 is 10.0 Å². The zero-order valence-electron chi connectivity index (χ0n) is 15.3. The summed E-state index contributed by atoms with van der Waals surface area (Å²) in [5.41, 5.74) is 0.515. The first kappa shape index (κ1) is 21.7. The van der Waals surface area contributed by atoms with E-state index >= 15 is 0 Å². The maximum Gasteiger partial charge on any atom is 0.306 e. The van der Waals surface area contributed by atoms with Crippen LogP contribution < -0.4 is 5.32 Å². The Morgan fingerprint density at radius 3 is 2.48 bits per heavy atom. The van der Waals surface area contributed by atoms with Crippen LogP contribution >= 0.6 is 11.8 Å². The van der Waals surface area contributed by atoms with Crippen LogP contribution in [0.1, 0.15) is 13.3 Å². The van der Waals surface area contributed by atoms with E-state index in [9.17, 15) is 18.0 Å². The highest BCUT2D eigenvalue weighted by Gasteiger charge is 2.26. The fourth-order valence-corrected chi connectivity index (χ4v) is 4.64. The minimum Gasteiger partial charge on any atom is -0.469 e. The highest BCUT2D eigenvalue weighted by Crippen LogP contribution is 2.20. The van der Waals surface area contributed by atoms with Crippen LogP contribution in [0.2, 0.25) is 0 Å². The first-order valence-corrected chi connectivity index (χ1v) is 11.0. The molecule has 1 aromatic carbocycles. The summed E-state index contributed by atoms with van der Waals surface area (Å²) >= 11 is 1.35. The third kappa shape index (κ3) is 6.20. The lowest BCUT2D eigenvalue weighted by Crippen LogP contribution is -2.40. The summed E-state index contributed by atoms with van der Waals surface area (Å²) < 4.78 is 36.3. The number of hydrogen-bond acceptors (Lipinski definition) is 7. The van der Waals surface area contributed by atoms with Crippen molar-refractivity contribution in [3.05, 3.63) is 24.3 Å². The Bertz CT molecular complexity index is 745. The molecule has 1 aliphatic rings. The molecule has 2 rings (SSSR count). The van der Waals surface area contributed by atoms with Gasteiger partial charge in [-0.1, -0.05) is 0 Å². The van der Waals surface area contributed by atoms with E-state index in [2.05, 4.69) is 10.1 Å². The van der Waals surface area contributed by atoms with Gasteiger partial charge >= 0.3 is 5.97 Å². The molecular weight excluding hydrogens is 392 g/mol. The van der Waals surface area contributed by atoms with E-state index in [0.29, 0.717) is 37.7 Å². The van der Waals surface area contributed by atoms with E-state index in [1.807, 2.05) is 0 Å². The van der Waals surface area contributed by atoms with Gasteiger partial charge in [0.25, 0.3) is 0 Å². The molecule has 1 amide bonds. The number of rotatable bonds is 8. The number of hydrogen-bond donors (Lipinski definition) is 1. The summed E-state index contributed by atoms with van der Waals surface area (Å²) in [4.78, 5) is 23.5. The Labute approximate surface area is 163 Å². The predicted molar refractivity (Wildman–Crippen MR) is 103 cm³/mol. The van der Waals surface area contributed by atoms with Gasteiger partial charge in [0.2, 0.25) is 15.9 Å². The van der Waals surface area contributed by atoms with Gasteiger partial charge in [0.1, 0.15) is 0 Å². The highest BCUT2D eigenvalue weighted by atomic mass is 32.2. The average molecular weight is 417 g/mol. The lowest BCUT2D eigenvalue weighted by atomic mass is 10.3. The molecule has 0 bridgehead atoms. The van der Waals surface area contributed by atoms with E-state index in [1.54, 1.807) is 19.1 Å². The van der Waals surface area contributed by atoms with Crippen molar-refractivity contribution in [1.29, 1.82) is 0 Å². The predicted octanol–water partition coefficient (Wildman–Crippen LogP) is 1.33. The van der Waals surface area contributed by atoms with Gasteiger partial charge in [0.15, 0.2) is 0 Å². The maximum atomic E-state index is 12.6. The lowest BCUT2D eigenvalue weighted by Gasteiger charge is -2.26. The van der Waals surface area contributed by atoms with Crippen molar-refractivity contribution in [2.75, 3.05) is 44.5 Å². The van der Waals surface area contributed by atoms with Crippen molar-refractivity contribution in [3.8, 4) is 0 Å². The fraction of sp³-hybridized carbons (Fsp3) is 0.529. The Morgan fingerprint density at radius 2 is 1.89 bits per heavy atom. The molecule has 0 aliphatic carbocycles. The minimum absolute atomic E-state index is 0.183. The van der Waals surface area contributed by atoms with Crippen molar-refractivity contribution < 1.29 is 27.5 Å². The number of anilines is 1. The van der Waals surface area contributed by atoms with Crippen molar-refractivity contribution in [3.63, 3.8) is 0 Å². The largest absolute Gasteiger partial charge is 0.469 e. The van der Waals surface area contributed by atoms with Crippen molar-refractivity contribution >= 4 is 39.3 Å². The van der Waals surface area contributed by atoms with E-state index in [-0.39, 0.29) is 28.4 Å². The number of morpholine rings is 1. The molecule has 27 heavy (non-hydrogen) atoms. The maximum absolute atomic E-state index is 12.6. The van der Waals surface area contributed by atoms with Crippen LogP contribution in [0.4, 0.5) is 5.69 Å². The van der Waals surface area contributed by atoms with Crippen LogP contribution in [0, 0.1) is 0 Å². The topological polar surface area (TPSA) is 102 Å². The number of sulfonamides is 1. The van der Waals surface area contributed by atoms with Gasteiger partial charge < -0.3 is 14.8 Å². The number of methoxy groups -OCH3 is 1. The van der Waals surface area contributed by atoms with Crippen LogP contribution in [-0.2, 0) is 29.1 Å². The smallest absolute Gasteiger partial charge is 0.306 e. The van der Waals surface area contributed by atoms with E-state index in [0.717, 1.165) is 0 Å². The number of ether oxygens (including phenoxy) is 2. The van der Waals surface area contributed by atoms with Gasteiger partial charge in [-0.15, -0.1) is 11.8 Å². The number of amides is 1. The molecule has 1 heterocycles. The summed E-state index contributed by atoms with van der Waals surface area (Å²) in [5, 5.41) is 2.39. The third-order valence-corrected chi connectivity index (χ3v) is 7.07. The lowest BCUT2D eigenvalue weighted by molar-refractivity contribution is -0.140. The molecule has 0 aromatic heterocycles. The number of nitrogens with one attached hydrogen (secondary N) is 1. The molecule has 1 aromatic rings. The highest BCUT2D eigenvalue weighted by molar-refractivity contribution is 8.00. The van der Waals surface area contributed by atoms with Crippen LogP contribution in [0.15, 0.2) is 29.2 Å². The number of esters is 1. The van der Waals surface area contributed by atoms with Crippen LogP contribution in [0.25, 0.3) is 0 Å². The second-order valence-corrected chi connectivity index (χ2v) is 9.26. The standard InChI is InChI=1S/C17H24N2O6S2/c1-13(26-12-7-16(20)24-2)17(21)18-14-3-5-15(6-4-14)27(22,23)19-8-10-25-11-9-19/h3-6,13H,7-12H2,1-2H3,(H,18,21)/t13-/m1/s1. The Hall–Kier alpha value is -1.62. The van der Waals surface area contributed by atoms with Gasteiger partial charge in [-0.2, -0.15) is 4.31 Å². The summed E-state index contributed by atoms with van der Waals surface area (Å²) in [6.07, 6.45) is 0.243. The molecule has 10 heteroatoms. The Kier molecular flexibility index (Phi) is 8.08. The second-order valence-electron chi connectivity index (χ2n) is 5.87. The molecule has 1 atom stereocenters. The summed E-state index contributed by atoms with van der Waals surface area (Å²) in [7, 11) is -2.23. The molecule has 1 saturated heterocycles. The first-order chi connectivity index (χ1) is 12.8. The first-order valence-electron chi connectivity index (χ1n) is 8.52. The van der Waals surface area contributed by atoms with Crippen LogP contribution in [-0.4, -0.2) is 69.0 Å². The summed E-state index contributed by atoms with van der Waals surface area (Å²) in [6.45, 7) is 3.19. The number of carbonyl (C=O) groups is 2. The molecule has 1 aliphatic heterocycles. The molecule has 0 saturated carbocycles. The quantitative estimate of drug-likeness (QED) is 0.638. The zero-order valence-corrected chi connectivity index (χ0v) is 17.0. The van der Waals surface area contributed by atoms with Gasteiger partial charge in [-0.3, -0.25) is 9.59 Å². The number of carbonyl (C=O) groups excluding carboxylic acids is 2. The van der Waals surface area contributed by atoms with Gasteiger partial charge in [-0.05, 0) is 31.2 Å². The van der Waals surface area contributed by atoms with Gasteiger partial charge in [0.05, 0.1) is 36.9 Å². The second kappa shape index (κ2) is 10.1. The Balaban J connectivity index is 1.91. The third-order valence-electron chi connectivity index (χ3n) is 4.00. The molecule has 150 valence electrons. The number of nitrogens with zero attached hydrogens (tertiary/aromatic N) is 1. The van der Waals surface area contributed by atoms with E-state index in [1.165, 1.54) is 35.3 Å². The minimum atomic E-state index is -3.55. The normalized spacial score (nSPS) is 16.5. The van der Waals surface area contributed by atoms with Crippen molar-refractivity contribution in [2.24, 2.45) is 0 Å². The van der Waals surface area contributed by atoms with Crippen LogP contribution in [0.5, 0.6) is 0 Å². The van der Waals surface area contributed by atoms with Crippen LogP contribution in [0.3, 0.4) is 0 Å². The SMILES string of the molecule is COC(=O)CCS[C@H](C)C(=O)Nc1ccc(S(=O)(=O)N2CCOCC2)cc1. The monoisotopic (exact) mass is 416 g/mol. The molecule has 0 radical (unpaired) electrons. The molecule has 1 fully saturated rings. The molecule has 0 unspecified atom stereocenters. The van der Waals surface area contributed by atoms with Crippen molar-refractivity contribution in [2.45, 2.75) is 23.5 Å². The molecular formula is C17H24N2O6S2. The zero-order chi connectivity index (χ0) is 19.9. The average Bonchev–Trinajstić information content (AvgIpc) is 2.68. The molecule has 0 spiro atoms. The summed E-state index contributed by atoms with van der Waals surface area (Å²) in [5.74, 6) is -0.0429. The summed E-state index contributed by atoms with van der Waals surface area (Å²) in [6, 6.07) is 6.10. The van der Waals surface area contributed by atoms with Gasteiger partial charge in [0, 0.05) is 24.5 Å². The fourth-order valence-electron chi connectivity index (χ4n) is 2.39. The van der Waals surface area contributed by atoms with E-state index in [4.69, 9.17) is 4.74 Å².